The standard InChI is InChI=1S/C28H28N4O4/c1-17-15-32(28(34)24-20(4)36-30-26(24)22-13-9-6-10-14-22)18(2)16-31(17)27(33)23-19(3)35-29-25(23)21-11-7-5-8-12-21/h5-14,17-18H,15-16H2,1-4H3. The number of carbonyl (C=O) groups excluding carboxylic acids is 2. The highest BCUT2D eigenvalue weighted by atomic mass is 16.5. The Labute approximate surface area is 209 Å². The minimum atomic E-state index is -0.212. The molecule has 0 radical (unpaired) electrons. The van der Waals surface area contributed by atoms with Crippen LogP contribution in [-0.4, -0.2) is 57.1 Å². The highest BCUT2D eigenvalue weighted by Crippen LogP contribution is 2.31. The van der Waals surface area contributed by atoms with E-state index >= 15 is 0 Å². The highest BCUT2D eigenvalue weighted by molar-refractivity contribution is 6.02. The van der Waals surface area contributed by atoms with Crippen molar-refractivity contribution in [2.75, 3.05) is 13.1 Å². The number of nitrogens with zero attached hydrogens (tertiary/aromatic N) is 4. The summed E-state index contributed by atoms with van der Waals surface area (Å²) in [5, 5.41) is 8.33. The van der Waals surface area contributed by atoms with Gasteiger partial charge in [-0.15, -0.1) is 0 Å². The number of piperazine rings is 1. The normalized spacial score (nSPS) is 17.9. The number of hydrogen-bond acceptors (Lipinski definition) is 6. The van der Waals surface area contributed by atoms with Crippen molar-refractivity contribution in [1.29, 1.82) is 0 Å². The molecule has 1 aliphatic heterocycles. The minimum Gasteiger partial charge on any atom is -0.360 e. The van der Waals surface area contributed by atoms with Gasteiger partial charge in [-0.3, -0.25) is 9.59 Å². The zero-order valence-electron chi connectivity index (χ0n) is 20.8. The first-order valence-electron chi connectivity index (χ1n) is 12.0. The molecule has 0 saturated carbocycles. The fourth-order valence-corrected chi connectivity index (χ4v) is 4.81. The van der Waals surface area contributed by atoms with E-state index in [0.717, 1.165) is 11.1 Å². The topological polar surface area (TPSA) is 92.7 Å². The predicted octanol–water partition coefficient (Wildman–Crippen LogP) is 4.99. The second-order valence-electron chi connectivity index (χ2n) is 9.27. The summed E-state index contributed by atoms with van der Waals surface area (Å²) in [6.07, 6.45) is 0. The summed E-state index contributed by atoms with van der Waals surface area (Å²) >= 11 is 0. The molecule has 1 saturated heterocycles. The van der Waals surface area contributed by atoms with Gasteiger partial charge in [0.15, 0.2) is 0 Å². The van der Waals surface area contributed by atoms with E-state index in [1.165, 1.54) is 0 Å². The maximum absolute atomic E-state index is 13.7. The van der Waals surface area contributed by atoms with Gasteiger partial charge in [0.2, 0.25) is 0 Å². The molecule has 2 unspecified atom stereocenters. The van der Waals surface area contributed by atoms with Gasteiger partial charge >= 0.3 is 0 Å². The molecule has 8 heteroatoms. The van der Waals surface area contributed by atoms with Crippen LogP contribution in [-0.2, 0) is 0 Å². The lowest BCUT2D eigenvalue weighted by molar-refractivity contribution is 0.0268. The molecule has 0 spiro atoms. The molecule has 2 aromatic carbocycles. The Balaban J connectivity index is 1.40. The molecule has 1 aliphatic rings. The lowest BCUT2D eigenvalue weighted by Gasteiger charge is -2.44. The Kier molecular flexibility index (Phi) is 6.18. The van der Waals surface area contributed by atoms with Crippen LogP contribution >= 0.6 is 0 Å². The first-order chi connectivity index (χ1) is 17.4. The fraction of sp³-hybridized carbons (Fsp3) is 0.286. The number of carbonyl (C=O) groups is 2. The van der Waals surface area contributed by atoms with E-state index < -0.39 is 0 Å². The van der Waals surface area contributed by atoms with Gasteiger partial charge in [-0.1, -0.05) is 71.0 Å². The van der Waals surface area contributed by atoms with Crippen LogP contribution in [0.2, 0.25) is 0 Å². The van der Waals surface area contributed by atoms with Crippen LogP contribution in [0, 0.1) is 13.8 Å². The van der Waals surface area contributed by atoms with E-state index in [1.807, 2.05) is 74.5 Å². The summed E-state index contributed by atoms with van der Waals surface area (Å²) in [5.41, 5.74) is 3.63. The Morgan fingerprint density at radius 2 is 1.06 bits per heavy atom. The summed E-state index contributed by atoms with van der Waals surface area (Å²) in [5.74, 6) is 0.657. The molecule has 1 fully saturated rings. The largest absolute Gasteiger partial charge is 0.360 e. The molecule has 3 heterocycles. The van der Waals surface area contributed by atoms with Crippen LogP contribution in [0.4, 0.5) is 0 Å². The van der Waals surface area contributed by atoms with Gasteiger partial charge in [0.1, 0.15) is 34.0 Å². The van der Waals surface area contributed by atoms with Crippen LogP contribution in [0.25, 0.3) is 22.5 Å². The summed E-state index contributed by atoms with van der Waals surface area (Å²) in [4.78, 5) is 31.1. The first-order valence-corrected chi connectivity index (χ1v) is 12.0. The van der Waals surface area contributed by atoms with Gasteiger partial charge in [-0.2, -0.15) is 0 Å². The highest BCUT2D eigenvalue weighted by Gasteiger charge is 2.39. The molecule has 184 valence electrons. The number of hydrogen-bond donors (Lipinski definition) is 0. The Morgan fingerprint density at radius 1 is 0.694 bits per heavy atom. The van der Waals surface area contributed by atoms with E-state index in [4.69, 9.17) is 9.05 Å². The zero-order chi connectivity index (χ0) is 25.4. The Bertz CT molecular complexity index is 1290. The molecule has 36 heavy (non-hydrogen) atoms. The third kappa shape index (κ3) is 4.08. The maximum Gasteiger partial charge on any atom is 0.260 e. The van der Waals surface area contributed by atoms with Crippen molar-refractivity contribution < 1.29 is 18.6 Å². The van der Waals surface area contributed by atoms with Crippen LogP contribution < -0.4 is 0 Å². The minimum absolute atomic E-state index is 0.148. The van der Waals surface area contributed by atoms with Crippen molar-refractivity contribution in [2.24, 2.45) is 0 Å². The molecule has 0 aliphatic carbocycles. The smallest absolute Gasteiger partial charge is 0.260 e. The van der Waals surface area contributed by atoms with E-state index in [-0.39, 0.29) is 23.9 Å². The molecule has 2 atom stereocenters. The third-order valence-electron chi connectivity index (χ3n) is 6.76. The SMILES string of the molecule is Cc1onc(-c2ccccc2)c1C(=O)N1CC(C)N(C(=O)c2c(-c3ccccc3)noc2C)CC1C. The summed E-state index contributed by atoms with van der Waals surface area (Å²) in [6.45, 7) is 8.17. The van der Waals surface area contributed by atoms with Crippen LogP contribution in [0.15, 0.2) is 69.7 Å². The number of aryl methyl sites for hydroxylation is 2. The number of aromatic nitrogens is 2. The molecule has 0 bridgehead atoms. The molecule has 2 aromatic heterocycles. The quantitative estimate of drug-likeness (QED) is 0.405. The molecule has 4 aromatic rings. The number of amides is 2. The summed E-state index contributed by atoms with van der Waals surface area (Å²) in [7, 11) is 0. The predicted molar refractivity (Wildman–Crippen MR) is 134 cm³/mol. The van der Waals surface area contributed by atoms with Crippen LogP contribution in [0.1, 0.15) is 46.1 Å². The van der Waals surface area contributed by atoms with E-state index in [9.17, 15) is 9.59 Å². The van der Waals surface area contributed by atoms with E-state index in [0.29, 0.717) is 47.1 Å². The van der Waals surface area contributed by atoms with Crippen molar-refractivity contribution in [3.63, 3.8) is 0 Å². The lowest BCUT2D eigenvalue weighted by atomic mass is 10.0. The molecular weight excluding hydrogens is 456 g/mol. The second-order valence-corrected chi connectivity index (χ2v) is 9.27. The summed E-state index contributed by atoms with van der Waals surface area (Å²) in [6, 6.07) is 18.6. The maximum atomic E-state index is 13.7. The Morgan fingerprint density at radius 3 is 1.42 bits per heavy atom. The molecule has 8 nitrogen and oxygen atoms in total. The average molecular weight is 485 g/mol. The fourth-order valence-electron chi connectivity index (χ4n) is 4.81. The number of rotatable bonds is 4. The van der Waals surface area contributed by atoms with Gasteiger partial charge in [0.05, 0.1) is 0 Å². The molecular formula is C28H28N4O4. The zero-order valence-corrected chi connectivity index (χ0v) is 20.8. The van der Waals surface area contributed by atoms with E-state index in [2.05, 4.69) is 10.3 Å². The van der Waals surface area contributed by atoms with Gasteiger partial charge in [0.25, 0.3) is 11.8 Å². The van der Waals surface area contributed by atoms with Gasteiger partial charge in [-0.05, 0) is 27.7 Å². The van der Waals surface area contributed by atoms with Gasteiger partial charge in [0, 0.05) is 36.3 Å². The van der Waals surface area contributed by atoms with Crippen molar-refractivity contribution in [1.82, 2.24) is 20.1 Å². The van der Waals surface area contributed by atoms with Crippen LogP contribution in [0.5, 0.6) is 0 Å². The van der Waals surface area contributed by atoms with Crippen molar-refractivity contribution >= 4 is 11.8 Å². The van der Waals surface area contributed by atoms with Gasteiger partial charge in [-0.25, -0.2) is 0 Å². The molecule has 5 rings (SSSR count). The number of benzene rings is 2. The molecule has 0 N–H and O–H groups in total. The monoisotopic (exact) mass is 484 g/mol. The summed E-state index contributed by atoms with van der Waals surface area (Å²) < 4.78 is 10.8. The first kappa shape index (κ1) is 23.5. The van der Waals surface area contributed by atoms with Crippen molar-refractivity contribution in [3.05, 3.63) is 83.3 Å². The second kappa shape index (κ2) is 9.45. The lowest BCUT2D eigenvalue weighted by Crippen LogP contribution is -2.59. The third-order valence-corrected chi connectivity index (χ3v) is 6.76. The van der Waals surface area contributed by atoms with Crippen LogP contribution in [0.3, 0.4) is 0 Å². The van der Waals surface area contributed by atoms with E-state index in [1.54, 1.807) is 23.6 Å². The van der Waals surface area contributed by atoms with Crippen molar-refractivity contribution in [2.45, 2.75) is 39.8 Å². The Hall–Kier alpha value is -4.20. The van der Waals surface area contributed by atoms with Crippen molar-refractivity contribution in [3.8, 4) is 22.5 Å². The van der Waals surface area contributed by atoms with Gasteiger partial charge < -0.3 is 18.8 Å². The average Bonchev–Trinajstić information content (AvgIpc) is 3.48. The molecule has 2 amide bonds.